The fourth-order valence-corrected chi connectivity index (χ4v) is 3.13. The first-order valence-electron chi connectivity index (χ1n) is 7.13. The summed E-state index contributed by atoms with van der Waals surface area (Å²) in [4.78, 5) is 12.7. The Kier molecular flexibility index (Phi) is 3.13. The van der Waals surface area contributed by atoms with E-state index >= 15 is 0 Å². The lowest BCUT2D eigenvalue weighted by Gasteiger charge is -2.31. The van der Waals surface area contributed by atoms with Crippen molar-refractivity contribution in [3.63, 3.8) is 0 Å². The fourth-order valence-electron chi connectivity index (χ4n) is 3.13. The number of carbonyl (C=O) groups excluding carboxylic acids is 1. The summed E-state index contributed by atoms with van der Waals surface area (Å²) in [5, 5.41) is 4.26. The average molecular weight is 256 g/mol. The van der Waals surface area contributed by atoms with Crippen LogP contribution in [0.25, 0.3) is 5.52 Å². The van der Waals surface area contributed by atoms with Gasteiger partial charge in [0, 0.05) is 12.1 Å². The zero-order chi connectivity index (χ0) is 13.4. The summed E-state index contributed by atoms with van der Waals surface area (Å²) < 4.78 is 1.78. The van der Waals surface area contributed by atoms with Gasteiger partial charge in [-0.15, -0.1) is 0 Å². The zero-order valence-electron chi connectivity index (χ0n) is 11.5. The molecule has 1 aliphatic carbocycles. The molecule has 0 radical (unpaired) electrons. The van der Waals surface area contributed by atoms with Crippen LogP contribution in [0.15, 0.2) is 30.6 Å². The van der Waals surface area contributed by atoms with Crippen LogP contribution in [-0.4, -0.2) is 15.4 Å². The lowest BCUT2D eigenvalue weighted by molar-refractivity contribution is 0.0839. The van der Waals surface area contributed by atoms with E-state index in [9.17, 15) is 4.79 Å². The van der Waals surface area contributed by atoms with Crippen LogP contribution in [0.3, 0.4) is 0 Å². The average Bonchev–Trinajstić information content (AvgIpc) is 2.85. The Morgan fingerprint density at radius 3 is 2.89 bits per heavy atom. The van der Waals surface area contributed by atoms with Crippen molar-refractivity contribution in [2.75, 3.05) is 0 Å². The van der Waals surface area contributed by atoms with Crippen molar-refractivity contribution >= 4 is 11.3 Å². The van der Waals surface area contributed by atoms with E-state index in [2.05, 4.69) is 18.9 Å². The molecule has 0 amide bonds. The number of pyridine rings is 1. The molecule has 0 N–H and O–H groups in total. The van der Waals surface area contributed by atoms with Crippen LogP contribution in [0.2, 0.25) is 0 Å². The van der Waals surface area contributed by atoms with Crippen molar-refractivity contribution in [2.45, 2.75) is 33.1 Å². The van der Waals surface area contributed by atoms with Crippen molar-refractivity contribution in [1.29, 1.82) is 0 Å². The molecule has 0 bridgehead atoms. The molecule has 3 atom stereocenters. The van der Waals surface area contributed by atoms with Crippen LogP contribution in [0.1, 0.15) is 43.5 Å². The van der Waals surface area contributed by atoms with Crippen LogP contribution < -0.4 is 0 Å². The van der Waals surface area contributed by atoms with E-state index in [0.717, 1.165) is 36.3 Å². The highest BCUT2D eigenvalue weighted by Gasteiger charge is 2.30. The topological polar surface area (TPSA) is 34.4 Å². The quantitative estimate of drug-likeness (QED) is 0.769. The number of hydrogen-bond donors (Lipinski definition) is 0. The van der Waals surface area contributed by atoms with Gasteiger partial charge < -0.3 is 0 Å². The number of nitrogens with zero attached hydrogens (tertiary/aromatic N) is 2. The van der Waals surface area contributed by atoms with Gasteiger partial charge in [0.15, 0.2) is 5.78 Å². The number of carbonyl (C=O) groups is 1. The first-order valence-corrected chi connectivity index (χ1v) is 7.13. The smallest absolute Gasteiger partial charge is 0.169 e. The minimum atomic E-state index is 0.180. The van der Waals surface area contributed by atoms with E-state index < -0.39 is 0 Å². The zero-order valence-corrected chi connectivity index (χ0v) is 11.5. The monoisotopic (exact) mass is 256 g/mol. The van der Waals surface area contributed by atoms with Crippen LogP contribution in [0.4, 0.5) is 0 Å². The molecule has 3 unspecified atom stereocenters. The molecule has 2 aromatic heterocycles. The molecule has 3 heteroatoms. The Hall–Kier alpha value is -1.64. The lowest BCUT2D eigenvalue weighted by Crippen LogP contribution is -2.26. The predicted octanol–water partition coefficient (Wildman–Crippen LogP) is 3.59. The third-order valence-electron chi connectivity index (χ3n) is 4.66. The lowest BCUT2D eigenvalue weighted by atomic mass is 9.73. The number of hydrogen-bond acceptors (Lipinski definition) is 2. The van der Waals surface area contributed by atoms with Gasteiger partial charge in [-0.1, -0.05) is 19.9 Å². The molecule has 1 aliphatic rings. The Balaban J connectivity index is 1.88. The Morgan fingerprint density at radius 1 is 1.26 bits per heavy atom. The van der Waals surface area contributed by atoms with Gasteiger partial charge in [-0.25, -0.2) is 4.52 Å². The molecule has 2 heterocycles. The minimum absolute atomic E-state index is 0.180. The summed E-state index contributed by atoms with van der Waals surface area (Å²) in [7, 11) is 0. The molecular formula is C16H20N2O. The van der Waals surface area contributed by atoms with Gasteiger partial charge in [-0.3, -0.25) is 4.79 Å². The predicted molar refractivity (Wildman–Crippen MR) is 75.2 cm³/mol. The number of Topliss-reactive ketones (excluding diaryl/α,β-unsaturated/α-hetero) is 1. The Bertz CT molecular complexity index is 602. The summed E-state index contributed by atoms with van der Waals surface area (Å²) in [6.45, 7) is 4.56. The highest BCUT2D eigenvalue weighted by molar-refractivity contribution is 6.03. The van der Waals surface area contributed by atoms with E-state index in [0.29, 0.717) is 5.92 Å². The van der Waals surface area contributed by atoms with E-state index in [1.54, 1.807) is 10.7 Å². The molecular weight excluding hydrogens is 236 g/mol. The van der Waals surface area contributed by atoms with Crippen molar-refractivity contribution in [3.8, 4) is 0 Å². The molecule has 100 valence electrons. The standard InChI is InChI=1S/C16H20N2O/c1-11-6-7-13(9-12(11)2)16(19)14-10-17-18-8-4-3-5-15(14)18/h3-5,8,10-13H,6-7,9H2,1-2H3. The van der Waals surface area contributed by atoms with E-state index in [4.69, 9.17) is 0 Å². The molecule has 1 fully saturated rings. The Labute approximate surface area is 113 Å². The highest BCUT2D eigenvalue weighted by atomic mass is 16.1. The van der Waals surface area contributed by atoms with Gasteiger partial charge in [-0.05, 0) is 43.2 Å². The van der Waals surface area contributed by atoms with Gasteiger partial charge in [0.1, 0.15) is 0 Å². The maximum absolute atomic E-state index is 12.7. The molecule has 2 aromatic rings. The largest absolute Gasteiger partial charge is 0.294 e. The van der Waals surface area contributed by atoms with E-state index in [1.165, 1.54) is 0 Å². The molecule has 0 saturated heterocycles. The second-order valence-corrected chi connectivity index (χ2v) is 5.92. The maximum Gasteiger partial charge on any atom is 0.169 e. The third kappa shape index (κ3) is 2.18. The van der Waals surface area contributed by atoms with E-state index in [1.807, 2.05) is 24.4 Å². The number of rotatable bonds is 2. The summed E-state index contributed by atoms with van der Waals surface area (Å²) in [6, 6.07) is 5.85. The molecule has 3 rings (SSSR count). The van der Waals surface area contributed by atoms with Crippen LogP contribution in [-0.2, 0) is 0 Å². The third-order valence-corrected chi connectivity index (χ3v) is 4.66. The van der Waals surface area contributed by atoms with Crippen LogP contribution >= 0.6 is 0 Å². The molecule has 19 heavy (non-hydrogen) atoms. The molecule has 0 aliphatic heterocycles. The van der Waals surface area contributed by atoms with Crippen molar-refractivity contribution < 1.29 is 4.79 Å². The molecule has 0 aromatic carbocycles. The number of fused-ring (bicyclic) bond motifs is 1. The molecule has 3 nitrogen and oxygen atoms in total. The summed E-state index contributed by atoms with van der Waals surface area (Å²) >= 11 is 0. The van der Waals surface area contributed by atoms with Crippen molar-refractivity contribution in [2.24, 2.45) is 17.8 Å². The van der Waals surface area contributed by atoms with Gasteiger partial charge in [-0.2, -0.15) is 5.10 Å². The van der Waals surface area contributed by atoms with Crippen LogP contribution in [0.5, 0.6) is 0 Å². The maximum atomic E-state index is 12.7. The fraction of sp³-hybridized carbons (Fsp3) is 0.500. The summed E-state index contributed by atoms with van der Waals surface area (Å²) in [5.74, 6) is 1.84. The van der Waals surface area contributed by atoms with Crippen molar-refractivity contribution in [1.82, 2.24) is 9.61 Å². The van der Waals surface area contributed by atoms with Gasteiger partial charge in [0.25, 0.3) is 0 Å². The van der Waals surface area contributed by atoms with Crippen LogP contribution in [0, 0.1) is 17.8 Å². The van der Waals surface area contributed by atoms with E-state index in [-0.39, 0.29) is 11.7 Å². The second-order valence-electron chi connectivity index (χ2n) is 5.92. The normalized spacial score (nSPS) is 27.6. The summed E-state index contributed by atoms with van der Waals surface area (Å²) in [5.41, 5.74) is 1.71. The van der Waals surface area contributed by atoms with Crippen molar-refractivity contribution in [3.05, 3.63) is 36.2 Å². The number of aromatic nitrogens is 2. The summed E-state index contributed by atoms with van der Waals surface area (Å²) in [6.07, 6.45) is 6.81. The minimum Gasteiger partial charge on any atom is -0.294 e. The van der Waals surface area contributed by atoms with Gasteiger partial charge in [0.05, 0.1) is 17.3 Å². The molecule has 1 saturated carbocycles. The SMILES string of the molecule is CC1CCC(C(=O)c2cnn3ccccc23)CC1C. The first-order chi connectivity index (χ1) is 9.16. The number of ketones is 1. The highest BCUT2D eigenvalue weighted by Crippen LogP contribution is 2.35. The van der Waals surface area contributed by atoms with Gasteiger partial charge >= 0.3 is 0 Å². The second kappa shape index (κ2) is 4.80. The van der Waals surface area contributed by atoms with Gasteiger partial charge in [0.2, 0.25) is 0 Å². The molecule has 0 spiro atoms. The first kappa shape index (κ1) is 12.4. The Morgan fingerprint density at radius 2 is 2.11 bits per heavy atom.